The molecule has 1 aromatic heterocycles. The van der Waals surface area contributed by atoms with Gasteiger partial charge in [-0.25, -0.2) is 0 Å². The predicted molar refractivity (Wildman–Crippen MR) is 129 cm³/mol. The fourth-order valence-electron chi connectivity index (χ4n) is 4.15. The largest absolute Gasteiger partial charge is 0.484 e. The van der Waals surface area contributed by atoms with E-state index in [1.165, 1.54) is 5.56 Å². The highest BCUT2D eigenvalue weighted by Gasteiger charge is 2.24. The van der Waals surface area contributed by atoms with E-state index in [-0.39, 0.29) is 24.5 Å². The van der Waals surface area contributed by atoms with Crippen LogP contribution in [0.3, 0.4) is 0 Å². The van der Waals surface area contributed by atoms with Crippen molar-refractivity contribution in [1.29, 1.82) is 0 Å². The van der Waals surface area contributed by atoms with E-state index >= 15 is 0 Å². The molecule has 1 N–H and O–H groups in total. The molecule has 2 heterocycles. The van der Waals surface area contributed by atoms with Gasteiger partial charge in [-0.1, -0.05) is 25.5 Å². The first-order valence-electron chi connectivity index (χ1n) is 11.7. The Kier molecular flexibility index (Phi) is 7.45. The number of hydrogen-bond donors (Lipinski definition) is 1. The van der Waals surface area contributed by atoms with Crippen LogP contribution in [0.1, 0.15) is 42.1 Å². The van der Waals surface area contributed by atoms with Gasteiger partial charge in [-0.15, -0.1) is 0 Å². The lowest BCUT2D eigenvalue weighted by Gasteiger charge is -2.32. The summed E-state index contributed by atoms with van der Waals surface area (Å²) in [6.45, 7) is 3.41. The van der Waals surface area contributed by atoms with Crippen LogP contribution in [-0.4, -0.2) is 47.0 Å². The maximum Gasteiger partial charge on any atom is 0.258 e. The first-order valence-corrected chi connectivity index (χ1v) is 11.7. The molecule has 3 aromatic rings. The van der Waals surface area contributed by atoms with Crippen molar-refractivity contribution in [3.63, 3.8) is 0 Å². The minimum atomic E-state index is -0.127. The van der Waals surface area contributed by atoms with Gasteiger partial charge < -0.3 is 19.5 Å². The number of benzene rings is 2. The van der Waals surface area contributed by atoms with E-state index in [2.05, 4.69) is 12.2 Å². The summed E-state index contributed by atoms with van der Waals surface area (Å²) in [6, 6.07) is 19.6. The molecular weight excluding hydrogens is 414 g/mol. The molecule has 2 aromatic carbocycles. The summed E-state index contributed by atoms with van der Waals surface area (Å²) >= 11 is 0. The van der Waals surface area contributed by atoms with Crippen LogP contribution in [0.2, 0.25) is 0 Å². The number of rotatable bonds is 8. The molecule has 172 valence electrons. The summed E-state index contributed by atoms with van der Waals surface area (Å²) in [5.74, 6) is 0.611. The van der Waals surface area contributed by atoms with Crippen molar-refractivity contribution >= 4 is 11.8 Å². The Balaban J connectivity index is 1.20. The van der Waals surface area contributed by atoms with Gasteiger partial charge in [-0.05, 0) is 73.4 Å². The third-order valence-corrected chi connectivity index (χ3v) is 6.00. The van der Waals surface area contributed by atoms with E-state index in [4.69, 9.17) is 4.74 Å². The smallest absolute Gasteiger partial charge is 0.258 e. The van der Waals surface area contributed by atoms with Crippen LogP contribution >= 0.6 is 0 Å². The van der Waals surface area contributed by atoms with Crippen LogP contribution in [0.5, 0.6) is 5.75 Å². The van der Waals surface area contributed by atoms with Gasteiger partial charge in [0.05, 0.1) is 0 Å². The summed E-state index contributed by atoms with van der Waals surface area (Å²) < 4.78 is 7.63. The maximum absolute atomic E-state index is 12.9. The van der Waals surface area contributed by atoms with Crippen molar-refractivity contribution < 1.29 is 14.3 Å². The third-order valence-electron chi connectivity index (χ3n) is 6.00. The molecule has 2 amide bonds. The number of nitrogens with one attached hydrogen (secondary N) is 1. The lowest BCUT2D eigenvalue weighted by atomic mass is 10.0. The Morgan fingerprint density at radius 1 is 0.970 bits per heavy atom. The molecule has 0 atom stereocenters. The third kappa shape index (κ3) is 6.04. The Bertz CT molecular complexity index is 1040. The highest BCUT2D eigenvalue weighted by atomic mass is 16.5. The maximum atomic E-state index is 12.9. The van der Waals surface area contributed by atoms with Crippen molar-refractivity contribution in [2.45, 2.75) is 38.6 Å². The quantitative estimate of drug-likeness (QED) is 0.564. The van der Waals surface area contributed by atoms with Crippen LogP contribution in [-0.2, 0) is 11.2 Å². The zero-order valence-electron chi connectivity index (χ0n) is 19.1. The van der Waals surface area contributed by atoms with Gasteiger partial charge in [-0.3, -0.25) is 9.59 Å². The zero-order valence-corrected chi connectivity index (χ0v) is 19.1. The minimum Gasteiger partial charge on any atom is -0.484 e. The molecule has 0 unspecified atom stereocenters. The summed E-state index contributed by atoms with van der Waals surface area (Å²) in [6.07, 6.45) is 7.58. The van der Waals surface area contributed by atoms with Gasteiger partial charge in [-0.2, -0.15) is 0 Å². The number of piperidine rings is 1. The molecule has 0 spiro atoms. The Hall–Kier alpha value is -3.54. The molecular formula is C27H31N3O3. The first kappa shape index (κ1) is 22.6. The molecule has 0 radical (unpaired) electrons. The van der Waals surface area contributed by atoms with Gasteiger partial charge in [0.15, 0.2) is 6.61 Å². The summed E-state index contributed by atoms with van der Waals surface area (Å²) in [5, 5.41) is 3.04. The second-order valence-electron chi connectivity index (χ2n) is 8.45. The Morgan fingerprint density at radius 2 is 1.64 bits per heavy atom. The molecule has 33 heavy (non-hydrogen) atoms. The fourth-order valence-corrected chi connectivity index (χ4v) is 4.15. The molecule has 6 heteroatoms. The van der Waals surface area contributed by atoms with E-state index in [0.717, 1.165) is 31.4 Å². The second-order valence-corrected chi connectivity index (χ2v) is 8.45. The zero-order chi connectivity index (χ0) is 23.0. The van der Waals surface area contributed by atoms with E-state index in [1.54, 1.807) is 0 Å². The normalized spacial score (nSPS) is 14.2. The number of amides is 2. The van der Waals surface area contributed by atoms with Gasteiger partial charge in [0.25, 0.3) is 11.8 Å². The topological polar surface area (TPSA) is 63.6 Å². The van der Waals surface area contributed by atoms with Crippen LogP contribution in [0.4, 0.5) is 0 Å². The lowest BCUT2D eigenvalue weighted by molar-refractivity contribution is -0.124. The SMILES string of the molecule is CCCc1ccc(OCC(=O)NC2CCN(C(=O)c3ccc(-n4cccc4)cc3)CC2)cc1. The predicted octanol–water partition coefficient (Wildman–Crippen LogP) is 4.23. The molecule has 1 aliphatic rings. The van der Waals surface area contributed by atoms with Crippen LogP contribution in [0.25, 0.3) is 5.69 Å². The van der Waals surface area contributed by atoms with E-state index in [0.29, 0.717) is 24.4 Å². The summed E-state index contributed by atoms with van der Waals surface area (Å²) in [7, 11) is 0. The molecule has 0 saturated carbocycles. The van der Waals surface area contributed by atoms with E-state index < -0.39 is 0 Å². The van der Waals surface area contributed by atoms with Crippen LogP contribution in [0, 0.1) is 0 Å². The molecule has 1 fully saturated rings. The summed E-state index contributed by atoms with van der Waals surface area (Å²) in [5.41, 5.74) is 2.98. The highest BCUT2D eigenvalue weighted by Crippen LogP contribution is 2.17. The highest BCUT2D eigenvalue weighted by molar-refractivity contribution is 5.94. The number of ether oxygens (including phenoxy) is 1. The lowest BCUT2D eigenvalue weighted by Crippen LogP contribution is -2.47. The van der Waals surface area contributed by atoms with Crippen molar-refractivity contribution in [2.24, 2.45) is 0 Å². The summed E-state index contributed by atoms with van der Waals surface area (Å²) in [4.78, 5) is 27.0. The first-order chi connectivity index (χ1) is 16.1. The minimum absolute atomic E-state index is 0.0000128. The van der Waals surface area contributed by atoms with Gasteiger partial charge in [0.1, 0.15) is 5.75 Å². The van der Waals surface area contributed by atoms with Crippen LogP contribution < -0.4 is 10.1 Å². The van der Waals surface area contributed by atoms with E-state index in [9.17, 15) is 9.59 Å². The number of hydrogen-bond acceptors (Lipinski definition) is 3. The molecule has 1 saturated heterocycles. The molecule has 0 aliphatic carbocycles. The average molecular weight is 446 g/mol. The number of aryl methyl sites for hydroxylation is 1. The van der Waals surface area contributed by atoms with Gasteiger partial charge in [0.2, 0.25) is 0 Å². The molecule has 1 aliphatic heterocycles. The molecule has 6 nitrogen and oxygen atoms in total. The number of carbonyl (C=O) groups is 2. The Morgan fingerprint density at radius 3 is 2.27 bits per heavy atom. The average Bonchev–Trinajstić information content (AvgIpc) is 3.39. The van der Waals surface area contributed by atoms with Crippen molar-refractivity contribution in [2.75, 3.05) is 19.7 Å². The van der Waals surface area contributed by atoms with Crippen molar-refractivity contribution in [1.82, 2.24) is 14.8 Å². The monoisotopic (exact) mass is 445 g/mol. The Labute approximate surface area is 195 Å². The van der Waals surface area contributed by atoms with E-state index in [1.807, 2.05) is 82.5 Å². The van der Waals surface area contributed by atoms with Gasteiger partial charge in [0, 0.05) is 42.8 Å². The molecule has 0 bridgehead atoms. The van der Waals surface area contributed by atoms with Gasteiger partial charge >= 0.3 is 0 Å². The standard InChI is InChI=1S/C27H31N3O3/c1-2-5-21-6-12-25(13-7-21)33-20-26(31)28-23-14-18-30(19-15-23)27(32)22-8-10-24(11-9-22)29-16-3-4-17-29/h3-4,6-13,16-17,23H,2,5,14-15,18-20H2,1H3,(H,28,31). The molecule has 4 rings (SSSR count). The second kappa shape index (κ2) is 10.9. The fraction of sp³-hybridized carbons (Fsp3) is 0.333. The number of nitrogens with zero attached hydrogens (tertiary/aromatic N) is 2. The van der Waals surface area contributed by atoms with Crippen LogP contribution in [0.15, 0.2) is 73.1 Å². The van der Waals surface area contributed by atoms with Crippen molar-refractivity contribution in [3.8, 4) is 11.4 Å². The number of carbonyl (C=O) groups excluding carboxylic acids is 2. The van der Waals surface area contributed by atoms with Crippen molar-refractivity contribution in [3.05, 3.63) is 84.2 Å². The number of likely N-dealkylation sites (tertiary alicyclic amines) is 1. The number of aromatic nitrogens is 1.